The van der Waals surface area contributed by atoms with Crippen molar-refractivity contribution >= 4 is 5.91 Å². The predicted octanol–water partition coefficient (Wildman–Crippen LogP) is 2.60. The highest BCUT2D eigenvalue weighted by Crippen LogP contribution is 2.59. The van der Waals surface area contributed by atoms with Gasteiger partial charge in [-0.3, -0.25) is 4.79 Å². The van der Waals surface area contributed by atoms with Gasteiger partial charge in [0.05, 0.1) is 11.5 Å². The normalized spacial score (nSPS) is 37.3. The first-order valence-corrected chi connectivity index (χ1v) is 7.93. The standard InChI is InChI=1S/C15H23F3N2O/c16-15(17,18)14(7-9-1-5-11(14)6-2-9)8-20-13(21)12(19)10-3-4-10/h9-12H,1-8,19H2,(H,20,21). The summed E-state index contributed by atoms with van der Waals surface area (Å²) >= 11 is 0. The minimum absolute atomic E-state index is 0.158. The summed E-state index contributed by atoms with van der Waals surface area (Å²) in [6, 6.07) is -0.643. The predicted molar refractivity (Wildman–Crippen MR) is 72.3 cm³/mol. The molecule has 2 bridgehead atoms. The second-order valence-electron chi connectivity index (χ2n) is 7.16. The van der Waals surface area contributed by atoms with Gasteiger partial charge in [-0.15, -0.1) is 0 Å². The van der Waals surface area contributed by atoms with Gasteiger partial charge in [0, 0.05) is 6.54 Å². The highest BCUT2D eigenvalue weighted by Gasteiger charge is 2.62. The number of nitrogens with two attached hydrogens (primary N) is 1. The first-order valence-electron chi connectivity index (χ1n) is 7.93. The molecule has 3 nitrogen and oxygen atoms in total. The van der Waals surface area contributed by atoms with Gasteiger partial charge in [-0.05, 0) is 49.9 Å². The smallest absolute Gasteiger partial charge is 0.354 e. The number of hydrogen-bond acceptors (Lipinski definition) is 2. The number of alkyl halides is 3. The van der Waals surface area contributed by atoms with Crippen LogP contribution in [0.3, 0.4) is 0 Å². The summed E-state index contributed by atoms with van der Waals surface area (Å²) in [6.45, 7) is -0.295. The SMILES string of the molecule is NC(C(=O)NCC1(C(F)(F)F)CC2CCC1CC2)C1CC1. The van der Waals surface area contributed by atoms with Crippen molar-refractivity contribution < 1.29 is 18.0 Å². The molecule has 0 saturated heterocycles. The summed E-state index contributed by atoms with van der Waals surface area (Å²) < 4.78 is 41.1. The van der Waals surface area contributed by atoms with Gasteiger partial charge in [0.25, 0.3) is 0 Å². The van der Waals surface area contributed by atoms with Crippen molar-refractivity contribution in [1.29, 1.82) is 0 Å². The molecule has 0 aromatic heterocycles. The second kappa shape index (κ2) is 5.14. The Morgan fingerprint density at radius 1 is 1.19 bits per heavy atom. The lowest BCUT2D eigenvalue weighted by Crippen LogP contribution is -2.58. The van der Waals surface area contributed by atoms with Crippen LogP contribution in [0, 0.1) is 23.2 Å². The fraction of sp³-hybridized carbons (Fsp3) is 0.933. The van der Waals surface area contributed by atoms with E-state index in [1.165, 1.54) is 0 Å². The van der Waals surface area contributed by atoms with Gasteiger partial charge in [0.2, 0.25) is 5.91 Å². The highest BCUT2D eigenvalue weighted by atomic mass is 19.4. The van der Waals surface area contributed by atoms with E-state index in [1.807, 2.05) is 0 Å². The van der Waals surface area contributed by atoms with E-state index in [9.17, 15) is 18.0 Å². The Morgan fingerprint density at radius 3 is 2.24 bits per heavy atom. The maximum atomic E-state index is 13.7. The lowest BCUT2D eigenvalue weighted by atomic mass is 9.55. The van der Waals surface area contributed by atoms with Crippen molar-refractivity contribution in [3.8, 4) is 0 Å². The van der Waals surface area contributed by atoms with E-state index >= 15 is 0 Å². The van der Waals surface area contributed by atoms with Crippen LogP contribution in [0.5, 0.6) is 0 Å². The van der Waals surface area contributed by atoms with Crippen molar-refractivity contribution in [2.75, 3.05) is 6.54 Å². The monoisotopic (exact) mass is 304 g/mol. The fourth-order valence-corrected chi connectivity index (χ4v) is 4.30. The summed E-state index contributed by atoms with van der Waals surface area (Å²) in [5.41, 5.74) is 4.04. The summed E-state index contributed by atoms with van der Waals surface area (Å²) in [5, 5.41) is 2.52. The first kappa shape index (κ1) is 15.1. The molecule has 4 fully saturated rings. The van der Waals surface area contributed by atoms with Crippen LogP contribution in [-0.4, -0.2) is 24.7 Å². The third-order valence-electron chi connectivity index (χ3n) is 5.86. The molecule has 4 aliphatic rings. The average molecular weight is 304 g/mol. The molecule has 1 amide bonds. The molecule has 2 atom stereocenters. The van der Waals surface area contributed by atoms with E-state index in [4.69, 9.17) is 5.73 Å². The maximum absolute atomic E-state index is 13.7. The van der Waals surface area contributed by atoms with Crippen LogP contribution in [0.25, 0.3) is 0 Å². The molecule has 0 aromatic rings. The number of amides is 1. The average Bonchev–Trinajstić information content (AvgIpc) is 3.28. The van der Waals surface area contributed by atoms with Crippen LogP contribution >= 0.6 is 0 Å². The largest absolute Gasteiger partial charge is 0.396 e. The Hall–Kier alpha value is -0.780. The van der Waals surface area contributed by atoms with Crippen LogP contribution in [0.1, 0.15) is 44.9 Å². The minimum atomic E-state index is -4.26. The lowest BCUT2D eigenvalue weighted by molar-refractivity contribution is -0.265. The summed E-state index contributed by atoms with van der Waals surface area (Å²) in [6.07, 6.45) is 0.792. The highest BCUT2D eigenvalue weighted by molar-refractivity contribution is 5.82. The molecule has 2 unspecified atom stereocenters. The Labute approximate surface area is 122 Å². The van der Waals surface area contributed by atoms with Crippen molar-refractivity contribution in [2.45, 2.75) is 57.2 Å². The van der Waals surface area contributed by atoms with E-state index in [2.05, 4.69) is 5.32 Å². The molecule has 0 spiro atoms. The third-order valence-corrected chi connectivity index (χ3v) is 5.86. The van der Waals surface area contributed by atoms with Crippen molar-refractivity contribution in [3.05, 3.63) is 0 Å². The number of nitrogens with one attached hydrogen (secondary N) is 1. The molecule has 120 valence electrons. The van der Waals surface area contributed by atoms with Gasteiger partial charge in [-0.1, -0.05) is 12.8 Å². The van der Waals surface area contributed by atoms with Crippen LogP contribution in [0.4, 0.5) is 13.2 Å². The van der Waals surface area contributed by atoms with Crippen molar-refractivity contribution in [1.82, 2.24) is 5.32 Å². The molecule has 4 aliphatic carbocycles. The van der Waals surface area contributed by atoms with Gasteiger partial charge >= 0.3 is 6.18 Å². The molecule has 4 saturated carbocycles. The first-order chi connectivity index (χ1) is 9.83. The van der Waals surface area contributed by atoms with Gasteiger partial charge in [0.1, 0.15) is 0 Å². The number of carbonyl (C=O) groups excluding carboxylic acids is 1. The lowest BCUT2D eigenvalue weighted by Gasteiger charge is -2.52. The van der Waals surface area contributed by atoms with Crippen LogP contribution in [0.15, 0.2) is 0 Å². The number of halogens is 3. The van der Waals surface area contributed by atoms with E-state index in [-0.39, 0.29) is 30.7 Å². The number of hydrogen-bond donors (Lipinski definition) is 2. The Balaban J connectivity index is 1.70. The van der Waals surface area contributed by atoms with Crippen LogP contribution in [0.2, 0.25) is 0 Å². The molecule has 0 heterocycles. The molecule has 4 rings (SSSR count). The van der Waals surface area contributed by atoms with Gasteiger partial charge in [0.15, 0.2) is 0 Å². The minimum Gasteiger partial charge on any atom is -0.354 e. The zero-order chi connectivity index (χ0) is 15.3. The zero-order valence-corrected chi connectivity index (χ0v) is 12.1. The molecule has 6 heteroatoms. The second-order valence-corrected chi connectivity index (χ2v) is 7.16. The Bertz CT molecular complexity index is 414. The van der Waals surface area contributed by atoms with E-state index in [0.29, 0.717) is 12.8 Å². The summed E-state index contributed by atoms with van der Waals surface area (Å²) in [7, 11) is 0. The van der Waals surface area contributed by atoms with Gasteiger partial charge in [-0.25, -0.2) is 0 Å². The molecule has 21 heavy (non-hydrogen) atoms. The molecule has 3 N–H and O–H groups in total. The van der Waals surface area contributed by atoms with E-state index in [1.54, 1.807) is 0 Å². The van der Waals surface area contributed by atoms with Gasteiger partial charge < -0.3 is 11.1 Å². The summed E-state index contributed by atoms with van der Waals surface area (Å²) in [4.78, 5) is 11.9. The quantitative estimate of drug-likeness (QED) is 0.839. The molecular weight excluding hydrogens is 281 g/mol. The fourth-order valence-electron chi connectivity index (χ4n) is 4.30. The van der Waals surface area contributed by atoms with Gasteiger partial charge in [-0.2, -0.15) is 13.2 Å². The molecule has 0 aromatic carbocycles. The maximum Gasteiger partial charge on any atom is 0.396 e. The van der Waals surface area contributed by atoms with Crippen LogP contribution < -0.4 is 11.1 Å². The molecular formula is C15H23F3N2O. The van der Waals surface area contributed by atoms with Crippen LogP contribution in [-0.2, 0) is 4.79 Å². The van der Waals surface area contributed by atoms with E-state index in [0.717, 1.165) is 25.7 Å². The summed E-state index contributed by atoms with van der Waals surface area (Å²) in [5.74, 6) is -0.442. The Morgan fingerprint density at radius 2 is 1.81 bits per heavy atom. The van der Waals surface area contributed by atoms with Crippen molar-refractivity contribution in [2.24, 2.45) is 28.9 Å². The topological polar surface area (TPSA) is 55.1 Å². The number of rotatable bonds is 4. The van der Waals surface area contributed by atoms with E-state index < -0.39 is 23.5 Å². The Kier molecular flexibility index (Phi) is 3.71. The number of fused-ring (bicyclic) bond motifs is 3. The third kappa shape index (κ3) is 2.67. The molecule has 0 aliphatic heterocycles. The number of carbonyl (C=O) groups is 1. The molecule has 0 radical (unpaired) electrons. The zero-order valence-electron chi connectivity index (χ0n) is 12.1. The van der Waals surface area contributed by atoms with Crippen molar-refractivity contribution in [3.63, 3.8) is 0 Å².